The minimum Gasteiger partial charge on any atom is -0.452 e. The van der Waals surface area contributed by atoms with E-state index in [4.69, 9.17) is 16.3 Å². The molecule has 27 heavy (non-hydrogen) atoms. The average molecular weight is 405 g/mol. The molecule has 0 saturated heterocycles. The number of halogens is 1. The fourth-order valence-corrected chi connectivity index (χ4v) is 3.59. The number of amides is 2. The summed E-state index contributed by atoms with van der Waals surface area (Å²) in [5.74, 6) is -1.16. The van der Waals surface area contributed by atoms with Crippen LogP contribution in [-0.2, 0) is 20.9 Å². The first kappa shape index (κ1) is 19.3. The van der Waals surface area contributed by atoms with E-state index in [2.05, 4.69) is 10.6 Å². The predicted molar refractivity (Wildman–Crippen MR) is 104 cm³/mol. The number of carbonyl (C=O) groups is 3. The largest absolute Gasteiger partial charge is 0.452 e. The standard InChI is InChI=1S/C19H17ClN2O4S/c1-11-18(24)22-15-8-13(5-6-16(15)27-11)19(25)26-10-17(23)21-9-12-3-2-4-14(20)7-12/h2-8,11H,9-10H2,1H3,(H,21,23)(H,22,24)/t11-/m0/s1. The van der Waals surface area contributed by atoms with Crippen LogP contribution in [0, 0.1) is 0 Å². The molecule has 8 heteroatoms. The normalized spacial score (nSPS) is 15.5. The molecular weight excluding hydrogens is 388 g/mol. The first-order chi connectivity index (χ1) is 12.9. The summed E-state index contributed by atoms with van der Waals surface area (Å²) in [4.78, 5) is 36.7. The van der Waals surface area contributed by atoms with Gasteiger partial charge in [-0.25, -0.2) is 4.79 Å². The zero-order valence-electron chi connectivity index (χ0n) is 14.5. The molecule has 1 aliphatic rings. The molecule has 1 atom stereocenters. The molecule has 0 fully saturated rings. The first-order valence-electron chi connectivity index (χ1n) is 8.22. The van der Waals surface area contributed by atoms with Crippen molar-refractivity contribution in [3.05, 3.63) is 58.6 Å². The van der Waals surface area contributed by atoms with E-state index in [9.17, 15) is 14.4 Å². The van der Waals surface area contributed by atoms with E-state index < -0.39 is 18.5 Å². The van der Waals surface area contributed by atoms with Gasteiger partial charge in [0.05, 0.1) is 16.5 Å². The summed E-state index contributed by atoms with van der Waals surface area (Å²) in [6, 6.07) is 12.0. The fraction of sp³-hybridized carbons (Fsp3) is 0.211. The molecule has 1 aliphatic heterocycles. The Morgan fingerprint density at radius 1 is 1.26 bits per heavy atom. The van der Waals surface area contributed by atoms with Gasteiger partial charge in [0.1, 0.15) is 0 Å². The minimum atomic E-state index is -0.631. The smallest absolute Gasteiger partial charge is 0.338 e. The van der Waals surface area contributed by atoms with Crippen molar-refractivity contribution in [2.24, 2.45) is 0 Å². The number of hydrogen-bond acceptors (Lipinski definition) is 5. The molecule has 2 N–H and O–H groups in total. The fourth-order valence-electron chi connectivity index (χ4n) is 2.45. The average Bonchev–Trinajstić information content (AvgIpc) is 2.65. The highest BCUT2D eigenvalue weighted by Gasteiger charge is 2.24. The number of fused-ring (bicyclic) bond motifs is 1. The van der Waals surface area contributed by atoms with Crippen LogP contribution in [0.15, 0.2) is 47.4 Å². The van der Waals surface area contributed by atoms with Crippen molar-refractivity contribution in [2.45, 2.75) is 23.6 Å². The monoisotopic (exact) mass is 404 g/mol. The van der Waals surface area contributed by atoms with Crippen molar-refractivity contribution in [1.29, 1.82) is 0 Å². The summed E-state index contributed by atoms with van der Waals surface area (Å²) in [6.07, 6.45) is 0. The van der Waals surface area contributed by atoms with E-state index in [1.807, 2.05) is 13.0 Å². The van der Waals surface area contributed by atoms with E-state index in [-0.39, 0.29) is 23.3 Å². The van der Waals surface area contributed by atoms with E-state index in [1.165, 1.54) is 11.8 Å². The van der Waals surface area contributed by atoms with Crippen molar-refractivity contribution >= 4 is 46.8 Å². The molecule has 2 aromatic rings. The molecule has 0 aromatic heterocycles. The van der Waals surface area contributed by atoms with Gasteiger partial charge in [0.2, 0.25) is 5.91 Å². The van der Waals surface area contributed by atoms with Crippen LogP contribution in [0.2, 0.25) is 5.02 Å². The molecule has 6 nitrogen and oxygen atoms in total. The number of esters is 1. The molecular formula is C19H17ClN2O4S. The van der Waals surface area contributed by atoms with Crippen LogP contribution in [0.3, 0.4) is 0 Å². The predicted octanol–water partition coefficient (Wildman–Crippen LogP) is 3.25. The summed E-state index contributed by atoms with van der Waals surface area (Å²) < 4.78 is 5.04. The molecule has 0 bridgehead atoms. The topological polar surface area (TPSA) is 84.5 Å². The van der Waals surface area contributed by atoms with Gasteiger partial charge in [0.25, 0.3) is 5.91 Å². The highest BCUT2D eigenvalue weighted by Crippen LogP contribution is 2.36. The Morgan fingerprint density at radius 2 is 2.07 bits per heavy atom. The number of hydrogen-bond donors (Lipinski definition) is 2. The molecule has 0 aliphatic carbocycles. The molecule has 3 rings (SSSR count). The molecule has 2 aromatic carbocycles. The second kappa shape index (κ2) is 8.45. The maximum absolute atomic E-state index is 12.2. The van der Waals surface area contributed by atoms with Crippen LogP contribution in [0.25, 0.3) is 0 Å². The van der Waals surface area contributed by atoms with Crippen molar-refractivity contribution in [3.63, 3.8) is 0 Å². The van der Waals surface area contributed by atoms with Crippen LogP contribution in [-0.4, -0.2) is 29.6 Å². The summed E-state index contributed by atoms with van der Waals surface area (Å²) in [5.41, 5.74) is 1.69. The lowest BCUT2D eigenvalue weighted by atomic mass is 10.2. The Bertz CT molecular complexity index is 903. The van der Waals surface area contributed by atoms with Crippen LogP contribution in [0.1, 0.15) is 22.8 Å². The molecule has 0 spiro atoms. The minimum absolute atomic E-state index is 0.113. The third-order valence-electron chi connectivity index (χ3n) is 3.86. The highest BCUT2D eigenvalue weighted by atomic mass is 35.5. The Labute approximate surface area is 165 Å². The lowest BCUT2D eigenvalue weighted by Crippen LogP contribution is -2.28. The number of benzene rings is 2. The third kappa shape index (κ3) is 5.02. The van der Waals surface area contributed by atoms with E-state index in [0.717, 1.165) is 10.5 Å². The SMILES string of the molecule is C[C@@H]1Sc2ccc(C(=O)OCC(=O)NCc3cccc(Cl)c3)cc2NC1=O. The number of carbonyl (C=O) groups excluding carboxylic acids is 3. The molecule has 2 amide bonds. The van der Waals surface area contributed by atoms with Crippen molar-refractivity contribution < 1.29 is 19.1 Å². The van der Waals surface area contributed by atoms with Gasteiger partial charge >= 0.3 is 5.97 Å². The number of thioether (sulfide) groups is 1. The van der Waals surface area contributed by atoms with Gasteiger partial charge in [-0.3, -0.25) is 9.59 Å². The van der Waals surface area contributed by atoms with Gasteiger partial charge in [-0.05, 0) is 42.8 Å². The summed E-state index contributed by atoms with van der Waals surface area (Å²) in [7, 11) is 0. The van der Waals surface area contributed by atoms with E-state index in [1.54, 1.807) is 36.4 Å². The molecule has 140 valence electrons. The van der Waals surface area contributed by atoms with E-state index >= 15 is 0 Å². The van der Waals surface area contributed by atoms with Gasteiger partial charge in [0.15, 0.2) is 6.61 Å². The number of anilines is 1. The Kier molecular flexibility index (Phi) is 6.03. The Morgan fingerprint density at radius 3 is 2.85 bits per heavy atom. The van der Waals surface area contributed by atoms with E-state index in [0.29, 0.717) is 10.7 Å². The summed E-state index contributed by atoms with van der Waals surface area (Å²) in [5, 5.41) is 5.82. The van der Waals surface area contributed by atoms with Crippen molar-refractivity contribution in [2.75, 3.05) is 11.9 Å². The van der Waals surface area contributed by atoms with Crippen molar-refractivity contribution in [1.82, 2.24) is 5.32 Å². The number of rotatable bonds is 5. The van der Waals surface area contributed by atoms with Crippen molar-refractivity contribution in [3.8, 4) is 0 Å². The van der Waals surface area contributed by atoms with Gasteiger partial charge < -0.3 is 15.4 Å². The second-order valence-electron chi connectivity index (χ2n) is 5.94. The van der Waals surface area contributed by atoms with Crippen LogP contribution < -0.4 is 10.6 Å². The lowest BCUT2D eigenvalue weighted by Gasteiger charge is -2.21. The van der Waals surface area contributed by atoms with Crippen LogP contribution in [0.5, 0.6) is 0 Å². The number of ether oxygens (including phenoxy) is 1. The Balaban J connectivity index is 1.52. The molecule has 0 radical (unpaired) electrons. The summed E-state index contributed by atoms with van der Waals surface area (Å²) in [6.45, 7) is 1.71. The van der Waals surface area contributed by atoms with Gasteiger partial charge in [-0.2, -0.15) is 0 Å². The molecule has 1 heterocycles. The highest BCUT2D eigenvalue weighted by molar-refractivity contribution is 8.00. The zero-order chi connectivity index (χ0) is 19.4. The van der Waals surface area contributed by atoms with Gasteiger partial charge in [-0.15, -0.1) is 11.8 Å². The molecule has 0 unspecified atom stereocenters. The van der Waals surface area contributed by atoms with Crippen LogP contribution in [0.4, 0.5) is 5.69 Å². The third-order valence-corrected chi connectivity index (χ3v) is 5.27. The van der Waals surface area contributed by atoms with Gasteiger partial charge in [-0.1, -0.05) is 23.7 Å². The molecule has 0 saturated carbocycles. The summed E-state index contributed by atoms with van der Waals surface area (Å²) >= 11 is 7.31. The van der Waals surface area contributed by atoms with Gasteiger partial charge in [0, 0.05) is 16.5 Å². The quantitative estimate of drug-likeness (QED) is 0.747. The lowest BCUT2D eigenvalue weighted by molar-refractivity contribution is -0.124. The maximum Gasteiger partial charge on any atom is 0.338 e. The zero-order valence-corrected chi connectivity index (χ0v) is 16.0. The first-order valence-corrected chi connectivity index (χ1v) is 9.48. The number of nitrogens with one attached hydrogen (secondary N) is 2. The Hall–Kier alpha value is -2.51. The van der Waals surface area contributed by atoms with Crippen LogP contribution >= 0.6 is 23.4 Å². The maximum atomic E-state index is 12.2. The second-order valence-corrected chi connectivity index (χ2v) is 7.76.